The van der Waals surface area contributed by atoms with Crippen LogP contribution in [0.15, 0.2) is 36.8 Å². The minimum Gasteiger partial charge on any atom is -0.474 e. The van der Waals surface area contributed by atoms with Crippen LogP contribution in [0.2, 0.25) is 0 Å². The van der Waals surface area contributed by atoms with E-state index in [1.165, 1.54) is 0 Å². The molecule has 0 radical (unpaired) electrons. The number of hydrogen-bond acceptors (Lipinski definition) is 7. The van der Waals surface area contributed by atoms with Crippen LogP contribution in [0.25, 0.3) is 11.3 Å². The summed E-state index contributed by atoms with van der Waals surface area (Å²) in [6, 6.07) is 5.97. The second kappa shape index (κ2) is 9.59. The van der Waals surface area contributed by atoms with Gasteiger partial charge in [0.25, 0.3) is 0 Å². The minimum atomic E-state index is -0.0114. The van der Waals surface area contributed by atoms with Crippen LogP contribution < -0.4 is 15.4 Å². The van der Waals surface area contributed by atoms with Crippen molar-refractivity contribution in [1.29, 1.82) is 5.41 Å². The number of nitrogens with zero attached hydrogens (tertiary/aromatic N) is 4. The number of pyridine rings is 2. The summed E-state index contributed by atoms with van der Waals surface area (Å²) in [5.41, 5.74) is 5.21. The molecular formula is C23H31N7O. The molecule has 0 bridgehead atoms. The molecule has 0 fully saturated rings. The summed E-state index contributed by atoms with van der Waals surface area (Å²) >= 11 is 0. The standard InChI is InChI=1S/C23H31N7O/c1-14(2)28-22-20(26-11-17-12-27-30(6)13-17)10-19(29-21(22)16(5)24)18-8-7-9-25-23(18)31-15(3)4/h7-10,12-15,24,28H,11H2,1-6H3,(H,26,29). The number of ether oxygens (including phenoxy) is 1. The van der Waals surface area contributed by atoms with Gasteiger partial charge in [0.2, 0.25) is 5.88 Å². The van der Waals surface area contributed by atoms with Gasteiger partial charge in [0.05, 0.1) is 40.6 Å². The maximum Gasteiger partial charge on any atom is 0.223 e. The molecule has 3 rings (SSSR count). The zero-order chi connectivity index (χ0) is 22.5. The SMILES string of the molecule is CC(=N)c1nc(-c2cccnc2OC(C)C)cc(NCc2cnn(C)c2)c1NC(C)C. The summed E-state index contributed by atoms with van der Waals surface area (Å²) in [5, 5.41) is 19.5. The first kappa shape index (κ1) is 22.3. The molecule has 0 aliphatic heterocycles. The van der Waals surface area contributed by atoms with Gasteiger partial charge in [0.15, 0.2) is 0 Å². The van der Waals surface area contributed by atoms with Crippen molar-refractivity contribution in [3.8, 4) is 17.1 Å². The molecule has 3 N–H and O–H groups in total. The average molecular weight is 422 g/mol. The van der Waals surface area contributed by atoms with Gasteiger partial charge in [-0.05, 0) is 52.8 Å². The van der Waals surface area contributed by atoms with Crippen LogP contribution in [-0.2, 0) is 13.6 Å². The van der Waals surface area contributed by atoms with Crippen molar-refractivity contribution in [2.75, 3.05) is 10.6 Å². The summed E-state index contributed by atoms with van der Waals surface area (Å²) in [6.07, 6.45) is 5.51. The van der Waals surface area contributed by atoms with Crippen molar-refractivity contribution in [3.05, 3.63) is 48.0 Å². The summed E-state index contributed by atoms with van der Waals surface area (Å²) in [5.74, 6) is 0.529. The summed E-state index contributed by atoms with van der Waals surface area (Å²) in [6.45, 7) is 10.4. The lowest BCUT2D eigenvalue weighted by atomic mass is 10.1. The van der Waals surface area contributed by atoms with E-state index in [9.17, 15) is 0 Å². The maximum absolute atomic E-state index is 8.35. The molecule has 0 saturated carbocycles. The van der Waals surface area contributed by atoms with Gasteiger partial charge in [-0.25, -0.2) is 9.97 Å². The Morgan fingerprint density at radius 1 is 1.26 bits per heavy atom. The predicted molar refractivity (Wildman–Crippen MR) is 125 cm³/mol. The molecule has 31 heavy (non-hydrogen) atoms. The molecule has 0 aliphatic rings. The van der Waals surface area contributed by atoms with E-state index in [0.29, 0.717) is 29.5 Å². The zero-order valence-electron chi connectivity index (χ0n) is 19.0. The van der Waals surface area contributed by atoms with E-state index in [1.807, 2.05) is 51.5 Å². The Hall–Kier alpha value is -3.42. The lowest BCUT2D eigenvalue weighted by Gasteiger charge is -2.21. The van der Waals surface area contributed by atoms with Gasteiger partial charge in [0, 0.05) is 37.6 Å². The second-order valence-electron chi connectivity index (χ2n) is 8.10. The molecule has 0 aliphatic carbocycles. The van der Waals surface area contributed by atoms with Gasteiger partial charge in [-0.2, -0.15) is 5.10 Å². The molecule has 0 saturated heterocycles. The Bertz CT molecular complexity index is 1060. The van der Waals surface area contributed by atoms with E-state index < -0.39 is 0 Å². The third-order valence-electron chi connectivity index (χ3n) is 4.44. The van der Waals surface area contributed by atoms with E-state index in [1.54, 1.807) is 17.8 Å². The molecule has 0 spiro atoms. The first-order valence-corrected chi connectivity index (χ1v) is 10.4. The van der Waals surface area contributed by atoms with Gasteiger partial charge in [-0.15, -0.1) is 0 Å². The molecular weight excluding hydrogens is 390 g/mol. The Balaban J connectivity index is 2.10. The van der Waals surface area contributed by atoms with Crippen molar-refractivity contribution >= 4 is 17.1 Å². The highest BCUT2D eigenvalue weighted by molar-refractivity contribution is 6.03. The summed E-state index contributed by atoms with van der Waals surface area (Å²) in [7, 11) is 1.90. The van der Waals surface area contributed by atoms with Crippen molar-refractivity contribution in [2.45, 2.75) is 53.3 Å². The van der Waals surface area contributed by atoms with Crippen LogP contribution in [0.5, 0.6) is 5.88 Å². The highest BCUT2D eigenvalue weighted by Gasteiger charge is 2.19. The zero-order valence-corrected chi connectivity index (χ0v) is 19.0. The first-order chi connectivity index (χ1) is 14.7. The molecule has 0 atom stereocenters. The van der Waals surface area contributed by atoms with Crippen LogP contribution in [0, 0.1) is 5.41 Å². The lowest BCUT2D eigenvalue weighted by molar-refractivity contribution is 0.234. The smallest absolute Gasteiger partial charge is 0.223 e. The highest BCUT2D eigenvalue weighted by Crippen LogP contribution is 2.35. The molecule has 3 heterocycles. The molecule has 8 nitrogen and oxygen atoms in total. The molecule has 164 valence electrons. The number of aryl methyl sites for hydroxylation is 1. The van der Waals surface area contributed by atoms with E-state index in [-0.39, 0.29) is 12.1 Å². The van der Waals surface area contributed by atoms with Crippen LogP contribution in [0.1, 0.15) is 45.9 Å². The minimum absolute atomic E-state index is 0.0114. The molecule has 0 aromatic carbocycles. The number of nitrogens with one attached hydrogen (secondary N) is 3. The average Bonchev–Trinajstić information content (AvgIpc) is 3.11. The molecule has 3 aromatic heterocycles. The highest BCUT2D eigenvalue weighted by atomic mass is 16.5. The van der Waals surface area contributed by atoms with Crippen LogP contribution in [0.4, 0.5) is 11.4 Å². The third kappa shape index (κ3) is 5.59. The third-order valence-corrected chi connectivity index (χ3v) is 4.44. The maximum atomic E-state index is 8.35. The molecule has 8 heteroatoms. The predicted octanol–water partition coefficient (Wildman–Crippen LogP) is 4.48. The van der Waals surface area contributed by atoms with Gasteiger partial charge < -0.3 is 20.8 Å². The van der Waals surface area contributed by atoms with E-state index in [0.717, 1.165) is 22.5 Å². The van der Waals surface area contributed by atoms with Gasteiger partial charge in [-0.3, -0.25) is 4.68 Å². The fraction of sp³-hybridized carbons (Fsp3) is 0.391. The fourth-order valence-corrected chi connectivity index (χ4v) is 3.19. The molecule has 0 amide bonds. The van der Waals surface area contributed by atoms with Crippen molar-refractivity contribution < 1.29 is 4.74 Å². The van der Waals surface area contributed by atoms with Crippen LogP contribution in [0.3, 0.4) is 0 Å². The fourth-order valence-electron chi connectivity index (χ4n) is 3.19. The van der Waals surface area contributed by atoms with Crippen molar-refractivity contribution in [3.63, 3.8) is 0 Å². The van der Waals surface area contributed by atoms with Gasteiger partial charge in [0.1, 0.15) is 5.69 Å². The number of aromatic nitrogens is 4. The molecule has 3 aromatic rings. The second-order valence-corrected chi connectivity index (χ2v) is 8.10. The van der Waals surface area contributed by atoms with Crippen LogP contribution in [-0.4, -0.2) is 37.6 Å². The Morgan fingerprint density at radius 2 is 2.03 bits per heavy atom. The van der Waals surface area contributed by atoms with Crippen molar-refractivity contribution in [1.82, 2.24) is 19.7 Å². The van der Waals surface area contributed by atoms with Gasteiger partial charge in [-0.1, -0.05) is 0 Å². The lowest BCUT2D eigenvalue weighted by Crippen LogP contribution is -2.17. The largest absolute Gasteiger partial charge is 0.474 e. The first-order valence-electron chi connectivity index (χ1n) is 10.4. The normalized spacial score (nSPS) is 11.1. The Kier molecular flexibility index (Phi) is 6.89. The van der Waals surface area contributed by atoms with Crippen molar-refractivity contribution in [2.24, 2.45) is 7.05 Å². The summed E-state index contributed by atoms with van der Waals surface area (Å²) < 4.78 is 7.69. The quantitative estimate of drug-likeness (QED) is 0.440. The number of rotatable bonds is 9. The topological polar surface area (TPSA) is 101 Å². The number of hydrogen-bond donors (Lipinski definition) is 3. The monoisotopic (exact) mass is 421 g/mol. The van der Waals surface area contributed by atoms with E-state index in [4.69, 9.17) is 15.1 Å². The van der Waals surface area contributed by atoms with Crippen LogP contribution >= 0.6 is 0 Å². The molecule has 0 unspecified atom stereocenters. The van der Waals surface area contributed by atoms with E-state index in [2.05, 4.69) is 34.6 Å². The number of anilines is 2. The Morgan fingerprint density at radius 3 is 2.65 bits per heavy atom. The van der Waals surface area contributed by atoms with E-state index >= 15 is 0 Å². The van der Waals surface area contributed by atoms with Gasteiger partial charge >= 0.3 is 0 Å². The summed E-state index contributed by atoms with van der Waals surface area (Å²) in [4.78, 5) is 9.22. The Labute approximate surface area is 183 Å².